The summed E-state index contributed by atoms with van der Waals surface area (Å²) in [5.41, 5.74) is 5.83. The Kier molecular flexibility index (Phi) is 7.39. The van der Waals surface area contributed by atoms with Crippen molar-refractivity contribution in [2.75, 3.05) is 20.3 Å². The summed E-state index contributed by atoms with van der Waals surface area (Å²) in [6.07, 6.45) is 1.84. The first-order chi connectivity index (χ1) is 16.0. The number of hydrogen-bond acceptors (Lipinski definition) is 6. The molecule has 0 N–H and O–H groups in total. The van der Waals surface area contributed by atoms with Gasteiger partial charge in [0.05, 0.1) is 31.6 Å². The molecule has 0 fully saturated rings. The van der Waals surface area contributed by atoms with Gasteiger partial charge < -0.3 is 9.30 Å². The molecule has 0 saturated carbocycles. The quantitative estimate of drug-likeness (QED) is 0.350. The van der Waals surface area contributed by atoms with Crippen LogP contribution in [0.15, 0.2) is 64.5 Å². The Hall–Kier alpha value is -2.78. The van der Waals surface area contributed by atoms with Crippen LogP contribution in [-0.2, 0) is 26.8 Å². The van der Waals surface area contributed by atoms with Gasteiger partial charge in [-0.2, -0.15) is 0 Å². The van der Waals surface area contributed by atoms with Crippen LogP contribution in [0.1, 0.15) is 35.2 Å². The summed E-state index contributed by atoms with van der Waals surface area (Å²) in [4.78, 5) is 17.5. The molecule has 172 valence electrons. The summed E-state index contributed by atoms with van der Waals surface area (Å²) in [6, 6.07) is 13.5. The van der Waals surface area contributed by atoms with Crippen LogP contribution in [0.5, 0.6) is 0 Å². The smallest absolute Gasteiger partial charge is 0.250 e. The number of hydrogen-bond donors (Lipinski definition) is 0. The molecule has 33 heavy (non-hydrogen) atoms. The zero-order valence-electron chi connectivity index (χ0n) is 18.7. The monoisotopic (exact) mass is 468 g/mol. The molecular formula is C25H25FN2O4S. The van der Waals surface area contributed by atoms with Crippen molar-refractivity contribution in [3.63, 3.8) is 0 Å². The van der Waals surface area contributed by atoms with Crippen molar-refractivity contribution in [2.45, 2.75) is 19.6 Å². The number of fused-ring (bicyclic) bond motifs is 3. The van der Waals surface area contributed by atoms with E-state index in [9.17, 15) is 9.18 Å². The lowest BCUT2D eigenvalue weighted by atomic mass is 9.91. The predicted octanol–water partition coefficient (Wildman–Crippen LogP) is 4.85. The number of benzene rings is 2. The summed E-state index contributed by atoms with van der Waals surface area (Å²) >= 11 is 0.964. The Bertz CT molecular complexity index is 1220. The molecule has 0 radical (unpaired) electrons. The number of methoxy groups -OCH3 is 1. The highest BCUT2D eigenvalue weighted by molar-refractivity contribution is 7.89. The molecule has 2 heterocycles. The molecule has 0 bridgehead atoms. The van der Waals surface area contributed by atoms with E-state index in [1.54, 1.807) is 36.9 Å². The minimum Gasteiger partial charge on any atom is -0.382 e. The third kappa shape index (κ3) is 5.09. The second-order valence-corrected chi connectivity index (χ2v) is 8.27. The normalized spacial score (nSPS) is 14.9. The topological polar surface area (TPSA) is 62.0 Å². The van der Waals surface area contributed by atoms with Crippen LogP contribution in [0, 0.1) is 5.82 Å². The Balaban J connectivity index is 1.90. The zero-order chi connectivity index (χ0) is 23.4. The van der Waals surface area contributed by atoms with E-state index >= 15 is 0 Å². The third-order valence-corrected chi connectivity index (χ3v) is 5.96. The molecule has 0 aliphatic carbocycles. The third-order valence-electron chi connectivity index (χ3n) is 5.42. The van der Waals surface area contributed by atoms with Crippen LogP contribution in [0.4, 0.5) is 4.39 Å². The van der Waals surface area contributed by atoms with E-state index in [1.165, 1.54) is 12.1 Å². The van der Waals surface area contributed by atoms with Gasteiger partial charge in [-0.1, -0.05) is 12.1 Å². The maximum Gasteiger partial charge on any atom is 0.250 e. The average molecular weight is 469 g/mol. The SMILES string of the molecule is CCOSOCc1ccc2c(c1)-c1cn(C)c(=O)cc1C(COC)N=C2c1ccc(F)cc1. The summed E-state index contributed by atoms with van der Waals surface area (Å²) in [5, 5.41) is 0. The highest BCUT2D eigenvalue weighted by Gasteiger charge is 2.26. The highest BCUT2D eigenvalue weighted by Crippen LogP contribution is 2.37. The fraction of sp³-hybridized carbons (Fsp3) is 0.280. The molecule has 4 rings (SSSR count). The van der Waals surface area contributed by atoms with Gasteiger partial charge in [0.1, 0.15) is 5.82 Å². The van der Waals surface area contributed by atoms with E-state index < -0.39 is 0 Å². The van der Waals surface area contributed by atoms with Crippen molar-refractivity contribution in [1.82, 2.24) is 4.57 Å². The minimum absolute atomic E-state index is 0.121. The molecule has 1 atom stereocenters. The van der Waals surface area contributed by atoms with Gasteiger partial charge in [0, 0.05) is 43.1 Å². The molecule has 1 aromatic heterocycles. The minimum atomic E-state index is -0.389. The van der Waals surface area contributed by atoms with Crippen molar-refractivity contribution >= 4 is 18.0 Å². The first-order valence-corrected chi connectivity index (χ1v) is 11.3. The number of ether oxygens (including phenoxy) is 1. The van der Waals surface area contributed by atoms with Crippen molar-refractivity contribution in [1.29, 1.82) is 0 Å². The molecule has 2 aromatic carbocycles. The van der Waals surface area contributed by atoms with Crippen molar-refractivity contribution in [2.24, 2.45) is 12.0 Å². The Labute approximate surface area is 196 Å². The maximum absolute atomic E-state index is 13.6. The van der Waals surface area contributed by atoms with Crippen LogP contribution in [0.2, 0.25) is 0 Å². The van der Waals surface area contributed by atoms with Gasteiger partial charge in [-0.25, -0.2) is 4.39 Å². The molecule has 1 unspecified atom stereocenters. The molecule has 0 amide bonds. The number of nitrogens with zero attached hydrogens (tertiary/aromatic N) is 2. The number of halogens is 1. The van der Waals surface area contributed by atoms with Gasteiger partial charge in [0.2, 0.25) is 0 Å². The van der Waals surface area contributed by atoms with Gasteiger partial charge in [0.15, 0.2) is 12.3 Å². The second kappa shape index (κ2) is 10.4. The Morgan fingerprint density at radius 1 is 1.06 bits per heavy atom. The molecule has 3 aromatic rings. The summed E-state index contributed by atoms with van der Waals surface area (Å²) in [6.45, 7) is 3.10. The van der Waals surface area contributed by atoms with E-state index in [0.29, 0.717) is 19.8 Å². The molecule has 6 nitrogen and oxygen atoms in total. The lowest BCUT2D eigenvalue weighted by molar-refractivity contribution is 0.182. The standard InChI is InChI=1S/C25H25FN2O4S/c1-4-31-33-32-14-16-5-10-19-20(11-16)22-13-28(2)24(29)12-21(22)23(15-30-3)27-25(19)17-6-8-18(26)9-7-17/h5-13,23H,4,14-15H2,1-3H3. The van der Waals surface area contributed by atoms with Gasteiger partial charge in [-0.15, -0.1) is 0 Å². The molecule has 1 aliphatic rings. The first-order valence-electron chi connectivity index (χ1n) is 10.6. The fourth-order valence-corrected chi connectivity index (χ4v) is 4.20. The first kappa shape index (κ1) is 23.4. The number of aromatic nitrogens is 1. The largest absolute Gasteiger partial charge is 0.382 e. The van der Waals surface area contributed by atoms with Crippen LogP contribution < -0.4 is 5.56 Å². The van der Waals surface area contributed by atoms with E-state index in [1.807, 2.05) is 31.3 Å². The van der Waals surface area contributed by atoms with Gasteiger partial charge in [-0.3, -0.25) is 18.2 Å². The molecule has 0 spiro atoms. The predicted molar refractivity (Wildman–Crippen MR) is 128 cm³/mol. The highest BCUT2D eigenvalue weighted by atomic mass is 32.2. The maximum atomic E-state index is 13.6. The Morgan fingerprint density at radius 3 is 2.58 bits per heavy atom. The summed E-state index contributed by atoms with van der Waals surface area (Å²) in [5.74, 6) is -0.313. The fourth-order valence-electron chi connectivity index (χ4n) is 3.85. The van der Waals surface area contributed by atoms with Gasteiger partial charge in [-0.05, 0) is 53.9 Å². The van der Waals surface area contributed by atoms with Crippen LogP contribution >= 0.6 is 12.3 Å². The lowest BCUT2D eigenvalue weighted by Gasteiger charge is -2.16. The van der Waals surface area contributed by atoms with Crippen molar-refractivity contribution in [3.05, 3.63) is 93.2 Å². The van der Waals surface area contributed by atoms with Gasteiger partial charge in [0.25, 0.3) is 5.56 Å². The van der Waals surface area contributed by atoms with Gasteiger partial charge >= 0.3 is 0 Å². The molecule has 8 heteroatoms. The number of aryl methyl sites for hydroxylation is 1. The zero-order valence-corrected chi connectivity index (χ0v) is 19.5. The second-order valence-electron chi connectivity index (χ2n) is 7.66. The van der Waals surface area contributed by atoms with E-state index in [-0.39, 0.29) is 17.4 Å². The summed E-state index contributed by atoms with van der Waals surface area (Å²) in [7, 11) is 3.34. The van der Waals surface area contributed by atoms with E-state index in [0.717, 1.165) is 51.4 Å². The van der Waals surface area contributed by atoms with Crippen molar-refractivity contribution in [3.8, 4) is 11.1 Å². The van der Waals surface area contributed by atoms with Crippen LogP contribution in [0.25, 0.3) is 11.1 Å². The van der Waals surface area contributed by atoms with Crippen LogP contribution in [0.3, 0.4) is 0 Å². The Morgan fingerprint density at radius 2 is 1.85 bits per heavy atom. The van der Waals surface area contributed by atoms with E-state index in [4.69, 9.17) is 18.1 Å². The summed E-state index contributed by atoms with van der Waals surface area (Å²) < 4.78 is 31.4. The number of rotatable bonds is 8. The van der Waals surface area contributed by atoms with Crippen molar-refractivity contribution < 1.29 is 17.5 Å². The number of aliphatic imine (C=N–C) groups is 1. The molecular weight excluding hydrogens is 443 g/mol. The molecule has 1 aliphatic heterocycles. The lowest BCUT2D eigenvalue weighted by Crippen LogP contribution is -2.18. The van der Waals surface area contributed by atoms with Crippen LogP contribution in [-0.4, -0.2) is 30.6 Å². The van der Waals surface area contributed by atoms with E-state index in [2.05, 4.69) is 0 Å². The number of pyridine rings is 1. The average Bonchev–Trinajstić information content (AvgIpc) is 2.93. The molecule has 0 saturated heterocycles.